The lowest BCUT2D eigenvalue weighted by molar-refractivity contribution is -0.383. The van der Waals surface area contributed by atoms with E-state index in [0.29, 0.717) is 24.0 Å². The number of nitrogens with one attached hydrogen (secondary N) is 1. The lowest BCUT2D eigenvalue weighted by atomic mass is 10.0. The fraction of sp³-hybridized carbons (Fsp3) is 0.476. The van der Waals surface area contributed by atoms with Crippen LogP contribution in [-0.2, 0) is 0 Å². The van der Waals surface area contributed by atoms with Gasteiger partial charge in [-0.25, -0.2) is 4.98 Å². The lowest BCUT2D eigenvalue weighted by Crippen LogP contribution is -2.25. The van der Waals surface area contributed by atoms with Crippen LogP contribution in [0.25, 0.3) is 0 Å². The first-order valence-corrected chi connectivity index (χ1v) is 9.65. The molecule has 1 heterocycles. The summed E-state index contributed by atoms with van der Waals surface area (Å²) in [5, 5.41) is 15.0. The predicted octanol–water partition coefficient (Wildman–Crippen LogP) is 5.79. The summed E-state index contributed by atoms with van der Waals surface area (Å²) in [5.41, 5.74) is 3.44. The zero-order chi connectivity index (χ0) is 20.0. The van der Waals surface area contributed by atoms with E-state index in [0.717, 1.165) is 30.8 Å². The summed E-state index contributed by atoms with van der Waals surface area (Å²) in [6.45, 7) is 11.8. The number of nitro groups is 1. The second-order valence-corrected chi connectivity index (χ2v) is 7.07. The molecule has 0 saturated heterocycles. The minimum Gasteiger partial charge on any atom is -0.366 e. The van der Waals surface area contributed by atoms with E-state index in [2.05, 4.69) is 36.0 Å². The highest BCUT2D eigenvalue weighted by Crippen LogP contribution is 2.36. The number of unbranched alkanes of at least 4 members (excludes halogenated alkanes) is 1. The van der Waals surface area contributed by atoms with Crippen LogP contribution in [0.1, 0.15) is 57.7 Å². The number of aromatic nitrogens is 1. The fourth-order valence-corrected chi connectivity index (χ4v) is 3.04. The second kappa shape index (κ2) is 9.35. The van der Waals surface area contributed by atoms with Gasteiger partial charge in [-0.2, -0.15) is 0 Å². The maximum absolute atomic E-state index is 11.9. The van der Waals surface area contributed by atoms with E-state index in [-0.39, 0.29) is 10.6 Å². The molecule has 1 aromatic heterocycles. The van der Waals surface area contributed by atoms with Crippen molar-refractivity contribution in [2.45, 2.75) is 53.4 Å². The van der Waals surface area contributed by atoms with Gasteiger partial charge >= 0.3 is 5.69 Å². The van der Waals surface area contributed by atoms with Crippen molar-refractivity contribution < 1.29 is 4.92 Å². The van der Waals surface area contributed by atoms with Crippen molar-refractivity contribution in [3.8, 4) is 0 Å². The molecular formula is C21H30N4O2. The Kier molecular flexibility index (Phi) is 7.16. The van der Waals surface area contributed by atoms with E-state index in [1.807, 2.05) is 44.2 Å². The number of nitrogens with zero attached hydrogens (tertiary/aromatic N) is 3. The maximum atomic E-state index is 11.9. The Morgan fingerprint density at radius 3 is 2.41 bits per heavy atom. The summed E-state index contributed by atoms with van der Waals surface area (Å²) in [4.78, 5) is 18.0. The Bertz CT molecular complexity index is 772. The van der Waals surface area contributed by atoms with Gasteiger partial charge in [-0.15, -0.1) is 0 Å². The molecule has 146 valence electrons. The molecule has 0 aliphatic heterocycles. The molecule has 0 aliphatic carbocycles. The van der Waals surface area contributed by atoms with Crippen LogP contribution in [0.4, 0.5) is 22.9 Å². The monoisotopic (exact) mass is 370 g/mol. The standard InChI is InChI=1S/C21H30N4O2/c1-6-8-13-24(7-2)19-14-16(5)22-21(20(19)25(26)27)23-18-11-9-17(10-12-18)15(3)4/h9-12,14-15H,6-8,13H2,1-5H3,(H,22,23). The molecule has 0 spiro atoms. The lowest BCUT2D eigenvalue weighted by Gasteiger charge is -2.24. The van der Waals surface area contributed by atoms with Crippen LogP contribution in [0.3, 0.4) is 0 Å². The highest BCUT2D eigenvalue weighted by atomic mass is 16.6. The third kappa shape index (κ3) is 5.18. The normalized spacial score (nSPS) is 10.9. The van der Waals surface area contributed by atoms with Gasteiger partial charge in [0.25, 0.3) is 0 Å². The van der Waals surface area contributed by atoms with E-state index < -0.39 is 0 Å². The molecule has 6 nitrogen and oxygen atoms in total. The van der Waals surface area contributed by atoms with E-state index in [1.165, 1.54) is 5.56 Å². The molecule has 2 aromatic rings. The molecule has 0 saturated carbocycles. The van der Waals surface area contributed by atoms with Crippen molar-refractivity contribution in [2.75, 3.05) is 23.3 Å². The van der Waals surface area contributed by atoms with Crippen molar-refractivity contribution in [3.05, 3.63) is 51.7 Å². The van der Waals surface area contributed by atoms with Gasteiger partial charge < -0.3 is 10.2 Å². The molecule has 1 N–H and O–H groups in total. The van der Waals surface area contributed by atoms with E-state index in [9.17, 15) is 10.1 Å². The summed E-state index contributed by atoms with van der Waals surface area (Å²) in [6, 6.07) is 9.77. The SMILES string of the molecule is CCCCN(CC)c1cc(C)nc(Nc2ccc(C(C)C)cc2)c1[N+](=O)[O-]. The van der Waals surface area contributed by atoms with Crippen molar-refractivity contribution in [1.29, 1.82) is 0 Å². The zero-order valence-corrected chi connectivity index (χ0v) is 17.0. The summed E-state index contributed by atoms with van der Waals surface area (Å²) < 4.78 is 0. The molecule has 0 aliphatic rings. The van der Waals surface area contributed by atoms with Crippen LogP contribution >= 0.6 is 0 Å². The molecule has 0 unspecified atom stereocenters. The minimum absolute atomic E-state index is 0.0338. The third-order valence-corrected chi connectivity index (χ3v) is 4.63. The van der Waals surface area contributed by atoms with Gasteiger partial charge in [0, 0.05) is 24.5 Å². The highest BCUT2D eigenvalue weighted by Gasteiger charge is 2.25. The fourth-order valence-electron chi connectivity index (χ4n) is 3.04. The van der Waals surface area contributed by atoms with E-state index in [1.54, 1.807) is 0 Å². The van der Waals surface area contributed by atoms with Gasteiger partial charge in [0.1, 0.15) is 5.69 Å². The topological polar surface area (TPSA) is 71.3 Å². The predicted molar refractivity (Wildman–Crippen MR) is 112 cm³/mol. The highest BCUT2D eigenvalue weighted by molar-refractivity contribution is 5.78. The molecule has 0 radical (unpaired) electrons. The van der Waals surface area contributed by atoms with Gasteiger partial charge in [0.15, 0.2) is 0 Å². The van der Waals surface area contributed by atoms with Crippen molar-refractivity contribution >= 4 is 22.9 Å². The Labute approximate surface area is 161 Å². The third-order valence-electron chi connectivity index (χ3n) is 4.63. The van der Waals surface area contributed by atoms with Crippen LogP contribution in [0.2, 0.25) is 0 Å². The largest absolute Gasteiger partial charge is 0.366 e. The first-order valence-electron chi connectivity index (χ1n) is 9.65. The van der Waals surface area contributed by atoms with Crippen LogP contribution < -0.4 is 10.2 Å². The average Bonchev–Trinajstić information content (AvgIpc) is 2.62. The molecule has 27 heavy (non-hydrogen) atoms. The number of hydrogen-bond acceptors (Lipinski definition) is 5. The summed E-state index contributed by atoms with van der Waals surface area (Å²) in [6.07, 6.45) is 2.04. The second-order valence-electron chi connectivity index (χ2n) is 7.07. The number of anilines is 3. The van der Waals surface area contributed by atoms with Gasteiger partial charge in [0.05, 0.1) is 4.92 Å². The molecule has 0 atom stereocenters. The Hall–Kier alpha value is -2.63. The van der Waals surface area contributed by atoms with Crippen LogP contribution in [0, 0.1) is 17.0 Å². The molecular weight excluding hydrogens is 340 g/mol. The number of rotatable bonds is 9. The number of benzene rings is 1. The van der Waals surface area contributed by atoms with Gasteiger partial charge in [-0.05, 0) is 49.9 Å². The van der Waals surface area contributed by atoms with Gasteiger partial charge in [0.2, 0.25) is 5.82 Å². The summed E-state index contributed by atoms with van der Waals surface area (Å²) >= 11 is 0. The first kappa shape index (κ1) is 20.7. The maximum Gasteiger partial charge on any atom is 0.334 e. The van der Waals surface area contributed by atoms with E-state index in [4.69, 9.17) is 0 Å². The van der Waals surface area contributed by atoms with Gasteiger partial charge in [-0.1, -0.05) is 39.3 Å². The minimum atomic E-state index is -0.332. The quantitative estimate of drug-likeness (QED) is 0.447. The van der Waals surface area contributed by atoms with Crippen LogP contribution in [0.15, 0.2) is 30.3 Å². The Balaban J connectivity index is 2.44. The average molecular weight is 370 g/mol. The molecule has 1 aromatic carbocycles. The first-order chi connectivity index (χ1) is 12.9. The van der Waals surface area contributed by atoms with Crippen molar-refractivity contribution in [2.24, 2.45) is 0 Å². The Morgan fingerprint density at radius 2 is 1.89 bits per heavy atom. The van der Waals surface area contributed by atoms with Crippen LogP contribution in [-0.4, -0.2) is 23.0 Å². The number of pyridine rings is 1. The molecule has 0 fully saturated rings. The summed E-state index contributed by atoms with van der Waals surface area (Å²) in [5.74, 6) is 0.732. The zero-order valence-electron chi connectivity index (χ0n) is 17.0. The van der Waals surface area contributed by atoms with Crippen LogP contribution in [0.5, 0.6) is 0 Å². The molecule has 6 heteroatoms. The summed E-state index contributed by atoms with van der Waals surface area (Å²) in [7, 11) is 0. The van der Waals surface area contributed by atoms with Gasteiger partial charge in [-0.3, -0.25) is 10.1 Å². The van der Waals surface area contributed by atoms with Crippen molar-refractivity contribution in [3.63, 3.8) is 0 Å². The number of aryl methyl sites for hydroxylation is 1. The number of hydrogen-bond donors (Lipinski definition) is 1. The smallest absolute Gasteiger partial charge is 0.334 e. The Morgan fingerprint density at radius 1 is 1.22 bits per heavy atom. The molecule has 0 bridgehead atoms. The van der Waals surface area contributed by atoms with Crippen molar-refractivity contribution in [1.82, 2.24) is 4.98 Å². The molecule has 0 amide bonds. The van der Waals surface area contributed by atoms with E-state index >= 15 is 0 Å². The molecule has 2 rings (SSSR count).